The van der Waals surface area contributed by atoms with Gasteiger partial charge >= 0.3 is 5.97 Å². The van der Waals surface area contributed by atoms with E-state index in [1.165, 1.54) is 5.56 Å². The average Bonchev–Trinajstić information content (AvgIpc) is 3.75. The number of aliphatic carboxylic acids is 1. The lowest BCUT2D eigenvalue weighted by Crippen LogP contribution is -2.42. The van der Waals surface area contributed by atoms with Gasteiger partial charge in [0.1, 0.15) is 23.5 Å². The molecule has 2 aromatic heterocycles. The van der Waals surface area contributed by atoms with E-state index in [2.05, 4.69) is 30.1 Å². The first-order chi connectivity index (χ1) is 20.4. The third-order valence-corrected chi connectivity index (χ3v) is 9.64. The van der Waals surface area contributed by atoms with Crippen LogP contribution >= 0.6 is 0 Å². The number of carbonyl (C=O) groups is 2. The number of anilines is 1. The summed E-state index contributed by atoms with van der Waals surface area (Å²) < 4.78 is 11.2. The summed E-state index contributed by atoms with van der Waals surface area (Å²) in [5, 5.41) is 9.47. The lowest BCUT2D eigenvalue weighted by molar-refractivity contribution is -0.144. The first-order valence-electron chi connectivity index (χ1n) is 15.5. The summed E-state index contributed by atoms with van der Waals surface area (Å²) in [6, 6.07) is 10.4. The number of amides is 1. The van der Waals surface area contributed by atoms with Crippen LogP contribution in [0.15, 0.2) is 47.2 Å². The van der Waals surface area contributed by atoms with Gasteiger partial charge in [-0.3, -0.25) is 14.5 Å². The molecule has 0 radical (unpaired) electrons. The largest absolute Gasteiger partial charge is 0.496 e. The Morgan fingerprint density at radius 3 is 2.33 bits per heavy atom. The molecule has 3 aromatic rings. The zero-order chi connectivity index (χ0) is 29.2. The predicted molar refractivity (Wildman–Crippen MR) is 160 cm³/mol. The Morgan fingerprint density at radius 1 is 0.952 bits per heavy atom. The molecule has 1 N–H and O–H groups in total. The molecule has 8 nitrogen and oxygen atoms in total. The molecule has 2 heterocycles. The van der Waals surface area contributed by atoms with Crippen molar-refractivity contribution in [2.45, 2.75) is 83.0 Å². The highest BCUT2D eigenvalue weighted by molar-refractivity contribution is 5.95. The van der Waals surface area contributed by atoms with E-state index < -0.39 is 5.97 Å². The standard InChI is InChI=1S/C34H41N3O5/c1-21-17-27(13-14-30(21)41-2)23-5-3-22(4-6-23)19-37(33(38)25-9-11-26(12-10-25)34(39)40)31-18-28(15-16-35-31)29-20-42-32(36-29)24-7-8-24/h13-18,20,22-26H,3-12,19H2,1-2H3,(H,39,40)/t22-,23-,25-,26-. The molecule has 3 aliphatic carbocycles. The highest BCUT2D eigenvalue weighted by atomic mass is 16.5. The Kier molecular flexibility index (Phi) is 8.31. The maximum Gasteiger partial charge on any atom is 0.306 e. The molecule has 0 atom stereocenters. The average molecular weight is 572 g/mol. The highest BCUT2D eigenvalue weighted by Gasteiger charge is 2.35. The summed E-state index contributed by atoms with van der Waals surface area (Å²) in [6.07, 6.45) is 12.2. The van der Waals surface area contributed by atoms with Gasteiger partial charge in [0.15, 0.2) is 5.89 Å². The van der Waals surface area contributed by atoms with Gasteiger partial charge in [-0.15, -0.1) is 0 Å². The van der Waals surface area contributed by atoms with E-state index >= 15 is 0 Å². The Balaban J connectivity index is 1.19. The van der Waals surface area contributed by atoms with Crippen LogP contribution in [-0.4, -0.2) is 40.6 Å². The number of hydrogen-bond acceptors (Lipinski definition) is 6. The van der Waals surface area contributed by atoms with Crippen LogP contribution in [0, 0.1) is 24.7 Å². The number of carboxylic acid groups (broad SMARTS) is 1. The second kappa shape index (κ2) is 12.3. The monoisotopic (exact) mass is 571 g/mol. The fraction of sp³-hybridized carbons (Fsp3) is 0.529. The lowest BCUT2D eigenvalue weighted by Gasteiger charge is -2.35. The van der Waals surface area contributed by atoms with Crippen LogP contribution in [0.5, 0.6) is 5.75 Å². The maximum atomic E-state index is 14.1. The zero-order valence-electron chi connectivity index (χ0n) is 24.6. The molecule has 6 rings (SSSR count). The van der Waals surface area contributed by atoms with Gasteiger partial charge in [0.25, 0.3) is 0 Å². The van der Waals surface area contributed by atoms with Crippen molar-refractivity contribution in [3.8, 4) is 17.0 Å². The highest BCUT2D eigenvalue weighted by Crippen LogP contribution is 2.41. The number of nitrogens with zero attached hydrogens (tertiary/aromatic N) is 3. The molecule has 42 heavy (non-hydrogen) atoms. The number of benzene rings is 1. The number of oxazole rings is 1. The number of aromatic nitrogens is 2. The van der Waals surface area contributed by atoms with Crippen molar-refractivity contribution in [2.75, 3.05) is 18.6 Å². The van der Waals surface area contributed by atoms with Crippen molar-refractivity contribution in [3.63, 3.8) is 0 Å². The Bertz CT molecular complexity index is 1410. The molecular formula is C34H41N3O5. The minimum absolute atomic E-state index is 0.0650. The number of carboxylic acids is 1. The predicted octanol–water partition coefficient (Wildman–Crippen LogP) is 7.13. The summed E-state index contributed by atoms with van der Waals surface area (Å²) in [7, 11) is 1.71. The topological polar surface area (TPSA) is 106 Å². The van der Waals surface area contributed by atoms with Crippen molar-refractivity contribution >= 4 is 17.7 Å². The Morgan fingerprint density at radius 2 is 1.67 bits per heavy atom. The van der Waals surface area contributed by atoms with Gasteiger partial charge in [-0.25, -0.2) is 9.97 Å². The van der Waals surface area contributed by atoms with Gasteiger partial charge in [-0.2, -0.15) is 0 Å². The molecule has 0 bridgehead atoms. The van der Waals surface area contributed by atoms with Crippen molar-refractivity contribution in [3.05, 3.63) is 59.8 Å². The quantitative estimate of drug-likeness (QED) is 0.291. The third kappa shape index (κ3) is 6.22. The van der Waals surface area contributed by atoms with E-state index in [1.54, 1.807) is 19.6 Å². The van der Waals surface area contributed by atoms with E-state index in [9.17, 15) is 14.7 Å². The summed E-state index contributed by atoms with van der Waals surface area (Å²) >= 11 is 0. The maximum absolute atomic E-state index is 14.1. The number of ether oxygens (including phenoxy) is 1. The first kappa shape index (κ1) is 28.4. The van der Waals surface area contributed by atoms with Gasteiger partial charge in [-0.05, 0) is 112 Å². The Labute approximate surface area is 247 Å². The van der Waals surface area contributed by atoms with Crippen LogP contribution in [0.2, 0.25) is 0 Å². The van der Waals surface area contributed by atoms with E-state index in [-0.39, 0.29) is 17.7 Å². The van der Waals surface area contributed by atoms with Crippen LogP contribution in [0.1, 0.15) is 93.1 Å². The van der Waals surface area contributed by atoms with Crippen molar-refractivity contribution < 1.29 is 23.8 Å². The molecule has 0 spiro atoms. The van der Waals surface area contributed by atoms with Gasteiger partial charge in [0.2, 0.25) is 5.91 Å². The number of methoxy groups -OCH3 is 1. The Hall–Kier alpha value is -3.68. The number of hydrogen-bond donors (Lipinski definition) is 1. The van der Waals surface area contributed by atoms with Crippen LogP contribution in [0.4, 0.5) is 5.82 Å². The van der Waals surface area contributed by atoms with Crippen molar-refractivity contribution in [2.24, 2.45) is 17.8 Å². The number of pyridine rings is 1. The first-order valence-corrected chi connectivity index (χ1v) is 15.5. The number of rotatable bonds is 9. The lowest BCUT2D eigenvalue weighted by atomic mass is 9.78. The molecular weight excluding hydrogens is 530 g/mol. The molecule has 1 aromatic carbocycles. The minimum Gasteiger partial charge on any atom is -0.496 e. The van der Waals surface area contributed by atoms with Gasteiger partial charge in [0.05, 0.1) is 13.0 Å². The molecule has 1 amide bonds. The van der Waals surface area contributed by atoms with E-state index in [0.29, 0.717) is 55.8 Å². The second-order valence-corrected chi connectivity index (χ2v) is 12.5. The fourth-order valence-corrected chi connectivity index (χ4v) is 6.86. The smallest absolute Gasteiger partial charge is 0.306 e. The van der Waals surface area contributed by atoms with Crippen LogP contribution in [-0.2, 0) is 9.59 Å². The minimum atomic E-state index is -0.755. The van der Waals surface area contributed by atoms with E-state index in [4.69, 9.17) is 14.1 Å². The fourth-order valence-electron chi connectivity index (χ4n) is 6.86. The van der Waals surface area contributed by atoms with Crippen molar-refractivity contribution in [1.29, 1.82) is 0 Å². The zero-order valence-corrected chi connectivity index (χ0v) is 24.6. The van der Waals surface area contributed by atoms with Crippen LogP contribution in [0.25, 0.3) is 11.3 Å². The molecule has 3 fully saturated rings. The molecule has 3 aliphatic rings. The summed E-state index contributed by atoms with van der Waals surface area (Å²) in [6.45, 7) is 2.71. The summed E-state index contributed by atoms with van der Waals surface area (Å²) in [5.74, 6) is 2.43. The third-order valence-electron chi connectivity index (χ3n) is 9.64. The molecule has 222 valence electrons. The van der Waals surface area contributed by atoms with Crippen LogP contribution in [0.3, 0.4) is 0 Å². The summed E-state index contributed by atoms with van der Waals surface area (Å²) in [4.78, 5) is 36.9. The second-order valence-electron chi connectivity index (χ2n) is 12.5. The SMILES string of the molecule is COc1ccc([C@H]2CC[C@H](CN(c3cc(-c4coc(C5CC5)n4)ccn3)C(=O)[C@H]3CC[C@H](C(=O)O)CC3)CC2)cc1C. The normalized spacial score (nSPS) is 24.2. The molecule has 0 saturated heterocycles. The molecule has 0 unspecified atom stereocenters. The van der Waals surface area contributed by atoms with E-state index in [1.807, 2.05) is 17.0 Å². The van der Waals surface area contributed by atoms with Crippen LogP contribution < -0.4 is 9.64 Å². The summed E-state index contributed by atoms with van der Waals surface area (Å²) in [5.41, 5.74) is 4.18. The molecule has 0 aliphatic heterocycles. The molecule has 8 heteroatoms. The van der Waals surface area contributed by atoms with Gasteiger partial charge in [-0.1, -0.05) is 12.1 Å². The van der Waals surface area contributed by atoms with Gasteiger partial charge in [0, 0.05) is 30.1 Å². The van der Waals surface area contributed by atoms with Gasteiger partial charge < -0.3 is 14.3 Å². The van der Waals surface area contributed by atoms with Crippen molar-refractivity contribution in [1.82, 2.24) is 9.97 Å². The molecule has 3 saturated carbocycles. The number of aryl methyl sites for hydroxylation is 1. The van der Waals surface area contributed by atoms with E-state index in [0.717, 1.165) is 67.0 Å². The number of carbonyl (C=O) groups excluding carboxylic acids is 1.